The lowest BCUT2D eigenvalue weighted by Gasteiger charge is -2.70. The van der Waals surface area contributed by atoms with E-state index in [0.29, 0.717) is 18.3 Å². The summed E-state index contributed by atoms with van der Waals surface area (Å²) in [7, 11) is 1.75. The molecule has 0 aromatic rings. The van der Waals surface area contributed by atoms with Gasteiger partial charge in [0.05, 0.1) is 17.3 Å². The number of ether oxygens (including phenoxy) is 2. The van der Waals surface area contributed by atoms with Gasteiger partial charge in [0.25, 0.3) is 0 Å². The van der Waals surface area contributed by atoms with Gasteiger partial charge in [-0.3, -0.25) is 4.79 Å². The van der Waals surface area contributed by atoms with Crippen molar-refractivity contribution in [1.29, 1.82) is 0 Å². The SMILES string of the molecule is COC(C)(C)CCC[C@@](C)(O)[C@H]1CC[C@]2(C)[C@@H]1[C@H](OC(=O)CCl)C[C@@H]1[C@@]3(C)CC[C@H](O)C(C)(C)[C@@H]3CC[C@]12C. The highest BCUT2D eigenvalue weighted by molar-refractivity contribution is 6.26. The smallest absolute Gasteiger partial charge is 0.321 e. The second-order valence-corrected chi connectivity index (χ2v) is 16.4. The molecule has 2 N–H and O–H groups in total. The van der Waals surface area contributed by atoms with Gasteiger partial charge in [-0.25, -0.2) is 0 Å². The van der Waals surface area contributed by atoms with Crippen LogP contribution in [0.1, 0.15) is 120 Å². The first-order chi connectivity index (χ1) is 17.9. The maximum Gasteiger partial charge on any atom is 0.321 e. The molecule has 0 aliphatic heterocycles. The van der Waals surface area contributed by atoms with Crippen LogP contribution in [0.5, 0.6) is 0 Å². The number of carbonyl (C=O) groups is 1. The fourth-order valence-corrected chi connectivity index (χ4v) is 11.0. The van der Waals surface area contributed by atoms with Crippen LogP contribution in [0.3, 0.4) is 0 Å². The third-order valence-corrected chi connectivity index (χ3v) is 13.8. The highest BCUT2D eigenvalue weighted by Crippen LogP contribution is 2.76. The number of fused-ring (bicyclic) bond motifs is 5. The predicted molar refractivity (Wildman–Crippen MR) is 157 cm³/mol. The molecule has 4 aliphatic rings. The minimum absolute atomic E-state index is 0.0538. The molecule has 0 unspecified atom stereocenters. The van der Waals surface area contributed by atoms with E-state index in [1.807, 2.05) is 6.92 Å². The van der Waals surface area contributed by atoms with Crippen LogP contribution >= 0.6 is 11.6 Å². The first-order valence-corrected chi connectivity index (χ1v) is 16.1. The van der Waals surface area contributed by atoms with Crippen molar-refractivity contribution in [2.75, 3.05) is 13.0 Å². The van der Waals surface area contributed by atoms with Gasteiger partial charge in [0.15, 0.2) is 0 Å². The first kappa shape index (κ1) is 31.6. The molecule has 0 aromatic carbocycles. The minimum Gasteiger partial charge on any atom is -0.461 e. The van der Waals surface area contributed by atoms with E-state index in [1.54, 1.807) is 7.11 Å². The Hall–Kier alpha value is -0.360. The molecular formula is C33H57ClO5. The molecule has 4 saturated carbocycles. The molecule has 0 radical (unpaired) electrons. The maximum atomic E-state index is 12.7. The summed E-state index contributed by atoms with van der Waals surface area (Å²) in [5.74, 6) is 0.482. The van der Waals surface area contributed by atoms with Crippen LogP contribution in [0.4, 0.5) is 0 Å². The van der Waals surface area contributed by atoms with E-state index in [0.717, 1.165) is 57.8 Å². The quantitative estimate of drug-likeness (QED) is 0.240. The summed E-state index contributed by atoms with van der Waals surface area (Å²) in [6.45, 7) is 18.2. The van der Waals surface area contributed by atoms with Crippen LogP contribution in [-0.4, -0.2) is 52.6 Å². The largest absolute Gasteiger partial charge is 0.461 e. The van der Waals surface area contributed by atoms with Crippen LogP contribution in [0.25, 0.3) is 0 Å². The molecule has 10 atom stereocenters. The molecule has 0 heterocycles. The van der Waals surface area contributed by atoms with Crippen molar-refractivity contribution in [3.05, 3.63) is 0 Å². The highest BCUT2D eigenvalue weighted by Gasteiger charge is 2.72. The zero-order chi connectivity index (χ0) is 29.2. The summed E-state index contributed by atoms with van der Waals surface area (Å²) < 4.78 is 11.9. The van der Waals surface area contributed by atoms with Crippen LogP contribution in [-0.2, 0) is 14.3 Å². The molecular weight excluding hydrogens is 512 g/mol. The molecule has 226 valence electrons. The van der Waals surface area contributed by atoms with Gasteiger partial charge in [0.1, 0.15) is 12.0 Å². The van der Waals surface area contributed by atoms with E-state index in [9.17, 15) is 15.0 Å². The number of methoxy groups -OCH3 is 1. The van der Waals surface area contributed by atoms with Gasteiger partial charge in [0.2, 0.25) is 0 Å². The van der Waals surface area contributed by atoms with Crippen molar-refractivity contribution >= 4 is 17.6 Å². The summed E-state index contributed by atoms with van der Waals surface area (Å²) in [4.78, 5) is 12.7. The molecule has 0 amide bonds. The lowest BCUT2D eigenvalue weighted by molar-refractivity contribution is -0.250. The Morgan fingerprint density at radius 2 is 1.59 bits per heavy atom. The van der Waals surface area contributed by atoms with E-state index in [4.69, 9.17) is 21.1 Å². The zero-order valence-corrected chi connectivity index (χ0v) is 27.0. The third-order valence-electron chi connectivity index (χ3n) is 13.5. The fourth-order valence-electron chi connectivity index (χ4n) is 10.9. The van der Waals surface area contributed by atoms with Gasteiger partial charge < -0.3 is 19.7 Å². The first-order valence-electron chi connectivity index (χ1n) is 15.6. The fraction of sp³-hybridized carbons (Fsp3) is 0.970. The van der Waals surface area contributed by atoms with Gasteiger partial charge in [-0.15, -0.1) is 11.6 Å². The molecule has 4 fully saturated rings. The minimum atomic E-state index is -0.848. The van der Waals surface area contributed by atoms with Crippen molar-refractivity contribution in [3.8, 4) is 0 Å². The van der Waals surface area contributed by atoms with E-state index in [1.165, 1.54) is 0 Å². The topological polar surface area (TPSA) is 76.0 Å². The Bertz CT molecular complexity index is 916. The van der Waals surface area contributed by atoms with Gasteiger partial charge in [0, 0.05) is 13.0 Å². The second kappa shape index (κ2) is 10.4. The number of esters is 1. The maximum absolute atomic E-state index is 12.7. The molecule has 6 heteroatoms. The van der Waals surface area contributed by atoms with Gasteiger partial charge in [-0.1, -0.05) is 34.6 Å². The van der Waals surface area contributed by atoms with Crippen LogP contribution in [0.15, 0.2) is 0 Å². The van der Waals surface area contributed by atoms with E-state index in [2.05, 4.69) is 48.5 Å². The Morgan fingerprint density at radius 1 is 0.949 bits per heavy atom. The van der Waals surface area contributed by atoms with Gasteiger partial charge in [-0.2, -0.15) is 0 Å². The van der Waals surface area contributed by atoms with E-state index >= 15 is 0 Å². The molecule has 0 spiro atoms. The summed E-state index contributed by atoms with van der Waals surface area (Å²) in [5, 5.41) is 23.0. The lowest BCUT2D eigenvalue weighted by Crippen LogP contribution is -2.67. The Kier molecular flexibility index (Phi) is 8.44. The zero-order valence-electron chi connectivity index (χ0n) is 26.2. The Labute approximate surface area is 243 Å². The number of halogens is 1. The normalized spacial score (nSPS) is 45.0. The van der Waals surface area contributed by atoms with Gasteiger partial charge >= 0.3 is 5.97 Å². The molecule has 0 bridgehead atoms. The number of carbonyl (C=O) groups excluding carboxylic acids is 1. The lowest BCUT2D eigenvalue weighted by atomic mass is 9.35. The summed E-state index contributed by atoms with van der Waals surface area (Å²) in [6, 6.07) is 0. The summed E-state index contributed by atoms with van der Waals surface area (Å²) in [5.41, 5.74) is -1.09. The van der Waals surface area contributed by atoms with Crippen molar-refractivity contribution < 1.29 is 24.5 Å². The number of aliphatic hydroxyl groups excluding tert-OH is 1. The monoisotopic (exact) mass is 568 g/mol. The number of hydrogen-bond donors (Lipinski definition) is 2. The van der Waals surface area contributed by atoms with E-state index < -0.39 is 5.60 Å². The third kappa shape index (κ3) is 5.01. The average Bonchev–Trinajstić information content (AvgIpc) is 3.23. The van der Waals surface area contributed by atoms with Gasteiger partial charge in [-0.05, 0) is 124 Å². The van der Waals surface area contributed by atoms with Crippen LogP contribution in [0.2, 0.25) is 0 Å². The Morgan fingerprint density at radius 3 is 2.21 bits per heavy atom. The summed E-state index contributed by atoms with van der Waals surface area (Å²) in [6.07, 6.45) is 8.84. The van der Waals surface area contributed by atoms with Crippen molar-refractivity contribution in [3.63, 3.8) is 0 Å². The van der Waals surface area contributed by atoms with Crippen LogP contribution in [0, 0.1) is 45.3 Å². The Balaban J connectivity index is 1.70. The summed E-state index contributed by atoms with van der Waals surface area (Å²) >= 11 is 5.99. The second-order valence-electron chi connectivity index (χ2n) is 16.1. The standard InChI is InChI=1S/C33H57ClO5/c1-28(2,38-9)14-10-15-33(8,37)21-11-17-32(7)27(21)22(39-26(36)20-34)19-24-30(5)16-13-25(35)29(3,4)23(30)12-18-31(24,32)6/h21-25,27,35,37H,10-20H2,1-9H3/t21-,22+,23-,24+,25-,27-,30-,31+,32+,33+/m0/s1. The number of aliphatic hydroxyl groups is 2. The molecule has 4 rings (SSSR count). The highest BCUT2D eigenvalue weighted by atomic mass is 35.5. The van der Waals surface area contributed by atoms with Crippen LogP contribution < -0.4 is 0 Å². The predicted octanol–water partition coefficient (Wildman–Crippen LogP) is 7.14. The molecule has 0 saturated heterocycles. The molecule has 5 nitrogen and oxygen atoms in total. The van der Waals surface area contributed by atoms with Crippen molar-refractivity contribution in [2.45, 2.75) is 143 Å². The van der Waals surface area contributed by atoms with E-state index in [-0.39, 0.29) is 63.2 Å². The van der Waals surface area contributed by atoms with Crippen molar-refractivity contribution in [2.24, 2.45) is 45.3 Å². The molecule has 0 aromatic heterocycles. The molecule has 4 aliphatic carbocycles. The number of hydrogen-bond acceptors (Lipinski definition) is 5. The van der Waals surface area contributed by atoms with Crippen molar-refractivity contribution in [1.82, 2.24) is 0 Å². The number of rotatable bonds is 8. The molecule has 39 heavy (non-hydrogen) atoms. The number of alkyl halides is 1. The average molecular weight is 569 g/mol.